The zero-order valence-electron chi connectivity index (χ0n) is 15.0. The van der Waals surface area contributed by atoms with Crippen molar-refractivity contribution in [3.63, 3.8) is 0 Å². The Morgan fingerprint density at radius 1 is 1.17 bits per heavy atom. The first kappa shape index (κ1) is 19.1. The van der Waals surface area contributed by atoms with Crippen LogP contribution in [-0.4, -0.2) is 30.0 Å². The largest absolute Gasteiger partial charge is 0.471 e. The molecule has 0 N–H and O–H groups in total. The van der Waals surface area contributed by atoms with E-state index >= 15 is 0 Å². The van der Waals surface area contributed by atoms with E-state index in [-0.39, 0.29) is 12.4 Å². The van der Waals surface area contributed by atoms with Crippen LogP contribution in [0.3, 0.4) is 0 Å². The molecule has 1 aromatic carbocycles. The van der Waals surface area contributed by atoms with Gasteiger partial charge in [0, 0.05) is 29.1 Å². The highest BCUT2D eigenvalue weighted by Crippen LogP contribution is 2.29. The van der Waals surface area contributed by atoms with Gasteiger partial charge in [0.05, 0.1) is 22.0 Å². The quantitative estimate of drug-likeness (QED) is 0.496. The van der Waals surface area contributed by atoms with E-state index < -0.39 is 21.8 Å². The summed E-state index contributed by atoms with van der Waals surface area (Å²) < 4.78 is 60.9. The Labute approximate surface area is 163 Å². The summed E-state index contributed by atoms with van der Waals surface area (Å²) >= 11 is 0. The number of rotatable bonds is 4. The van der Waals surface area contributed by atoms with Crippen molar-refractivity contribution in [1.82, 2.24) is 19.5 Å². The van der Waals surface area contributed by atoms with Gasteiger partial charge in [-0.3, -0.25) is 0 Å². The second-order valence-electron chi connectivity index (χ2n) is 6.24. The number of hydrogen-bond donors (Lipinski definition) is 0. The number of aromatic nitrogens is 4. The number of pyridine rings is 1. The minimum atomic E-state index is -4.70. The molecule has 1 atom stereocenters. The highest BCUT2D eigenvalue weighted by Gasteiger charge is 2.38. The Morgan fingerprint density at radius 2 is 1.93 bits per heavy atom. The van der Waals surface area contributed by atoms with Gasteiger partial charge in [-0.15, -0.1) is 0 Å². The van der Waals surface area contributed by atoms with Crippen molar-refractivity contribution in [3.8, 4) is 11.4 Å². The third-order valence-corrected chi connectivity index (χ3v) is 5.86. The third kappa shape index (κ3) is 3.99. The van der Waals surface area contributed by atoms with Gasteiger partial charge >= 0.3 is 12.1 Å². The molecule has 0 aliphatic rings. The summed E-state index contributed by atoms with van der Waals surface area (Å²) in [6.07, 6.45) is 0.180. The molecule has 0 saturated heterocycles. The molecular formula is C18H14F3N5O2S. The summed E-state index contributed by atoms with van der Waals surface area (Å²) in [6, 6.07) is 12.0. The number of fused-ring (bicyclic) bond motifs is 1. The average Bonchev–Trinajstić information content (AvgIpc) is 3.33. The summed E-state index contributed by atoms with van der Waals surface area (Å²) in [5, 5.41) is 3.37. The molecule has 4 rings (SSSR count). The van der Waals surface area contributed by atoms with Crippen LogP contribution in [-0.2, 0) is 22.5 Å². The topological polar surface area (TPSA) is 85.7 Å². The molecule has 0 aliphatic heterocycles. The molecule has 3 heterocycles. The molecule has 150 valence electrons. The van der Waals surface area contributed by atoms with E-state index in [0.29, 0.717) is 21.8 Å². The van der Waals surface area contributed by atoms with Gasteiger partial charge in [-0.1, -0.05) is 23.4 Å². The minimum Gasteiger partial charge on any atom is -0.329 e. The van der Waals surface area contributed by atoms with Gasteiger partial charge in [0.15, 0.2) is 0 Å². The van der Waals surface area contributed by atoms with Gasteiger partial charge in [0.2, 0.25) is 5.82 Å². The molecule has 7 nitrogen and oxygen atoms in total. The Balaban J connectivity index is 1.61. The molecule has 11 heteroatoms. The normalized spacial score (nSPS) is 14.1. The lowest BCUT2D eigenvalue weighted by molar-refractivity contribution is -0.159. The van der Waals surface area contributed by atoms with Gasteiger partial charge in [0.25, 0.3) is 0 Å². The maximum Gasteiger partial charge on any atom is 0.471 e. The zero-order chi connectivity index (χ0) is 20.6. The fraction of sp³-hybridized carbons (Fsp3) is 0.167. The predicted molar refractivity (Wildman–Crippen MR) is 98.4 cm³/mol. The molecule has 0 saturated carbocycles. The van der Waals surface area contributed by atoms with Crippen LogP contribution in [0.15, 0.2) is 68.6 Å². The molecule has 0 fully saturated rings. The highest BCUT2D eigenvalue weighted by molar-refractivity contribution is 7.93. The Kier molecular flexibility index (Phi) is 4.61. The smallest absolute Gasteiger partial charge is 0.329 e. The van der Waals surface area contributed by atoms with Crippen LogP contribution >= 0.6 is 0 Å². The summed E-state index contributed by atoms with van der Waals surface area (Å²) in [5.41, 5.74) is 1.36. The van der Waals surface area contributed by atoms with Gasteiger partial charge in [-0.25, -0.2) is 13.6 Å². The van der Waals surface area contributed by atoms with Crippen LogP contribution in [0.2, 0.25) is 0 Å². The summed E-state index contributed by atoms with van der Waals surface area (Å²) in [4.78, 5) is 8.39. The molecule has 1 unspecified atom stereocenters. The number of alkyl halides is 3. The predicted octanol–water partition coefficient (Wildman–Crippen LogP) is 4.06. The molecule has 0 aliphatic carbocycles. The van der Waals surface area contributed by atoms with E-state index in [1.807, 2.05) is 6.07 Å². The SMILES string of the molecule is CS(=O)(=NCc1cn2ccc(-c3noc(C(F)(F)F)n3)cc2n1)c1ccccc1. The molecule has 29 heavy (non-hydrogen) atoms. The molecule has 3 aromatic heterocycles. The summed E-state index contributed by atoms with van der Waals surface area (Å²) in [6.45, 7) is 0.127. The molecular weight excluding hydrogens is 407 g/mol. The third-order valence-electron chi connectivity index (χ3n) is 4.09. The van der Waals surface area contributed by atoms with Gasteiger partial charge in [-0.2, -0.15) is 18.2 Å². The van der Waals surface area contributed by atoms with Crippen LogP contribution < -0.4 is 0 Å². The molecule has 0 spiro atoms. The van der Waals surface area contributed by atoms with Crippen LogP contribution in [0.25, 0.3) is 17.0 Å². The number of benzene rings is 1. The summed E-state index contributed by atoms with van der Waals surface area (Å²) in [7, 11) is -2.57. The Hall–Kier alpha value is -3.21. The molecule has 0 radical (unpaired) electrons. The van der Waals surface area contributed by atoms with Gasteiger partial charge in [-0.05, 0) is 24.3 Å². The number of hydrogen-bond acceptors (Lipinski definition) is 6. The Bertz CT molecular complexity index is 1290. The van der Waals surface area contributed by atoms with E-state index in [0.717, 1.165) is 0 Å². The first-order chi connectivity index (χ1) is 13.7. The molecule has 0 amide bonds. The van der Waals surface area contributed by atoms with Crippen molar-refractivity contribution < 1.29 is 21.9 Å². The van der Waals surface area contributed by atoms with Crippen molar-refractivity contribution >= 4 is 15.4 Å². The van der Waals surface area contributed by atoms with E-state index in [4.69, 9.17) is 0 Å². The van der Waals surface area contributed by atoms with Crippen molar-refractivity contribution in [2.75, 3.05) is 6.26 Å². The van der Waals surface area contributed by atoms with E-state index in [1.54, 1.807) is 53.4 Å². The number of nitrogens with zero attached hydrogens (tertiary/aromatic N) is 5. The van der Waals surface area contributed by atoms with E-state index in [2.05, 4.69) is 24.0 Å². The molecule has 4 aromatic rings. The van der Waals surface area contributed by atoms with E-state index in [9.17, 15) is 17.4 Å². The van der Waals surface area contributed by atoms with Gasteiger partial charge in [0.1, 0.15) is 5.65 Å². The van der Waals surface area contributed by atoms with Crippen LogP contribution in [0.1, 0.15) is 11.6 Å². The fourth-order valence-electron chi connectivity index (χ4n) is 2.64. The van der Waals surface area contributed by atoms with Crippen LogP contribution in [0.4, 0.5) is 13.2 Å². The lowest BCUT2D eigenvalue weighted by atomic mass is 10.2. The maximum atomic E-state index is 12.8. The number of imidazole rings is 1. The second kappa shape index (κ2) is 6.99. The monoisotopic (exact) mass is 421 g/mol. The lowest BCUT2D eigenvalue weighted by Gasteiger charge is -2.03. The Morgan fingerprint density at radius 3 is 2.62 bits per heavy atom. The first-order valence-corrected chi connectivity index (χ1v) is 10.3. The summed E-state index contributed by atoms with van der Waals surface area (Å²) in [5.74, 6) is -1.59. The standard InChI is InChI=1S/C18H14F3N5O2S/c1-29(27,14-5-3-2-4-6-14)22-10-13-11-26-8-7-12(9-15(26)23-13)16-24-17(28-25-16)18(19,20)21/h2-9,11H,10H2,1H3. The maximum absolute atomic E-state index is 12.8. The minimum absolute atomic E-state index is 0.127. The average molecular weight is 421 g/mol. The lowest BCUT2D eigenvalue weighted by Crippen LogP contribution is -2.04. The second-order valence-corrected chi connectivity index (χ2v) is 8.57. The zero-order valence-corrected chi connectivity index (χ0v) is 15.8. The van der Waals surface area contributed by atoms with Crippen molar-refractivity contribution in [2.45, 2.75) is 17.6 Å². The van der Waals surface area contributed by atoms with Crippen molar-refractivity contribution in [2.24, 2.45) is 4.36 Å². The van der Waals surface area contributed by atoms with E-state index in [1.165, 1.54) is 6.07 Å². The van der Waals surface area contributed by atoms with Crippen molar-refractivity contribution in [3.05, 3.63) is 66.4 Å². The van der Waals surface area contributed by atoms with Crippen molar-refractivity contribution in [1.29, 1.82) is 0 Å². The first-order valence-electron chi connectivity index (χ1n) is 8.34. The molecule has 0 bridgehead atoms. The highest BCUT2D eigenvalue weighted by atomic mass is 32.2. The van der Waals surface area contributed by atoms with Crippen LogP contribution in [0, 0.1) is 0 Å². The number of halogens is 3. The van der Waals surface area contributed by atoms with Gasteiger partial charge < -0.3 is 8.92 Å². The van der Waals surface area contributed by atoms with Crippen LogP contribution in [0.5, 0.6) is 0 Å². The fourth-order valence-corrected chi connectivity index (χ4v) is 3.83.